The van der Waals surface area contributed by atoms with Crippen molar-refractivity contribution in [1.82, 2.24) is 5.32 Å². The van der Waals surface area contributed by atoms with Gasteiger partial charge in [0.2, 0.25) is 5.91 Å². The van der Waals surface area contributed by atoms with Gasteiger partial charge in [0.25, 0.3) is 0 Å². The molecular formula is C12H18F3NO3. The summed E-state index contributed by atoms with van der Waals surface area (Å²) in [6.45, 7) is 1.27. The Labute approximate surface area is 109 Å². The molecule has 0 saturated heterocycles. The van der Waals surface area contributed by atoms with Gasteiger partial charge in [-0.3, -0.25) is 9.59 Å². The Morgan fingerprint density at radius 2 is 1.79 bits per heavy atom. The van der Waals surface area contributed by atoms with Gasteiger partial charge < -0.3 is 10.4 Å². The Morgan fingerprint density at radius 3 is 2.26 bits per heavy atom. The summed E-state index contributed by atoms with van der Waals surface area (Å²) in [6, 6.07) is -1.04. The molecule has 0 heterocycles. The third kappa shape index (κ3) is 5.08. The maximum absolute atomic E-state index is 12.2. The molecule has 0 bridgehead atoms. The molecule has 0 aromatic carbocycles. The highest BCUT2D eigenvalue weighted by Crippen LogP contribution is 2.31. The molecule has 0 aliphatic heterocycles. The largest absolute Gasteiger partial charge is 0.481 e. The van der Waals surface area contributed by atoms with Gasteiger partial charge in [-0.05, 0) is 19.8 Å². The predicted molar refractivity (Wildman–Crippen MR) is 61.4 cm³/mol. The number of halogens is 3. The van der Waals surface area contributed by atoms with E-state index >= 15 is 0 Å². The van der Waals surface area contributed by atoms with Crippen molar-refractivity contribution < 1.29 is 27.9 Å². The molecule has 0 radical (unpaired) electrons. The van der Waals surface area contributed by atoms with E-state index < -0.39 is 42.4 Å². The number of aliphatic carboxylic acids is 1. The monoisotopic (exact) mass is 281 g/mol. The Balaban J connectivity index is 2.58. The average Bonchev–Trinajstić information content (AvgIpc) is 2.26. The molecule has 3 atom stereocenters. The summed E-state index contributed by atoms with van der Waals surface area (Å²) in [5, 5.41) is 11.3. The summed E-state index contributed by atoms with van der Waals surface area (Å²) < 4.78 is 36.5. The zero-order chi connectivity index (χ0) is 14.6. The van der Waals surface area contributed by atoms with E-state index in [2.05, 4.69) is 5.32 Å². The van der Waals surface area contributed by atoms with Gasteiger partial charge in [-0.15, -0.1) is 0 Å². The average molecular weight is 281 g/mol. The van der Waals surface area contributed by atoms with Crippen LogP contribution in [0.15, 0.2) is 0 Å². The fourth-order valence-electron chi connectivity index (χ4n) is 2.49. The van der Waals surface area contributed by atoms with Crippen LogP contribution in [0.1, 0.15) is 39.0 Å². The molecule has 1 fully saturated rings. The smallest absolute Gasteiger partial charge is 0.391 e. The summed E-state index contributed by atoms with van der Waals surface area (Å²) in [4.78, 5) is 22.9. The highest BCUT2D eigenvalue weighted by Gasteiger charge is 2.37. The Kier molecular flexibility index (Phi) is 5.20. The van der Waals surface area contributed by atoms with Gasteiger partial charge in [0.15, 0.2) is 0 Å². The van der Waals surface area contributed by atoms with Crippen LogP contribution in [-0.2, 0) is 9.59 Å². The van der Waals surface area contributed by atoms with Crippen LogP contribution in [0.3, 0.4) is 0 Å². The molecule has 110 valence electrons. The number of hydrogen-bond donors (Lipinski definition) is 2. The molecular weight excluding hydrogens is 263 g/mol. The fraction of sp³-hybridized carbons (Fsp3) is 0.833. The second-order valence-corrected chi connectivity index (χ2v) is 5.06. The first-order valence-corrected chi connectivity index (χ1v) is 6.30. The lowest BCUT2D eigenvalue weighted by Gasteiger charge is -2.28. The van der Waals surface area contributed by atoms with Crippen LogP contribution in [-0.4, -0.2) is 29.2 Å². The predicted octanol–water partition coefficient (Wildman–Crippen LogP) is 2.33. The fourth-order valence-corrected chi connectivity index (χ4v) is 2.49. The molecule has 2 N–H and O–H groups in total. The minimum atomic E-state index is -4.34. The standard InChI is InChI=1S/C12H18F3NO3/c1-7(6-12(13,14)15)16-10(17)8-4-2-3-5-9(8)11(18)19/h7-9H,2-6H2,1H3,(H,16,17)(H,18,19). The molecule has 0 aromatic rings. The zero-order valence-corrected chi connectivity index (χ0v) is 10.7. The second kappa shape index (κ2) is 6.25. The minimum absolute atomic E-state index is 0.404. The van der Waals surface area contributed by atoms with Crippen molar-refractivity contribution in [2.24, 2.45) is 11.8 Å². The molecule has 1 saturated carbocycles. The maximum Gasteiger partial charge on any atom is 0.391 e. The van der Waals surface area contributed by atoms with Crippen molar-refractivity contribution in [3.05, 3.63) is 0 Å². The van der Waals surface area contributed by atoms with Crippen molar-refractivity contribution in [1.29, 1.82) is 0 Å². The first kappa shape index (κ1) is 15.8. The normalized spacial score (nSPS) is 25.7. The van der Waals surface area contributed by atoms with E-state index in [0.717, 1.165) is 12.8 Å². The molecule has 1 amide bonds. The topological polar surface area (TPSA) is 66.4 Å². The quantitative estimate of drug-likeness (QED) is 0.831. The Bertz CT molecular complexity index is 344. The van der Waals surface area contributed by atoms with E-state index in [1.807, 2.05) is 0 Å². The number of carboxylic acids is 1. The van der Waals surface area contributed by atoms with E-state index in [4.69, 9.17) is 5.11 Å². The number of alkyl halides is 3. The molecule has 1 aliphatic rings. The van der Waals surface area contributed by atoms with E-state index in [0.29, 0.717) is 12.8 Å². The van der Waals surface area contributed by atoms with Crippen LogP contribution >= 0.6 is 0 Å². The van der Waals surface area contributed by atoms with Gasteiger partial charge in [0, 0.05) is 6.04 Å². The van der Waals surface area contributed by atoms with Crippen LogP contribution < -0.4 is 5.32 Å². The van der Waals surface area contributed by atoms with Gasteiger partial charge in [-0.1, -0.05) is 12.8 Å². The number of rotatable bonds is 4. The van der Waals surface area contributed by atoms with Gasteiger partial charge in [-0.25, -0.2) is 0 Å². The first-order chi connectivity index (χ1) is 8.70. The number of hydrogen-bond acceptors (Lipinski definition) is 2. The summed E-state index contributed by atoms with van der Waals surface area (Å²) in [6.07, 6.45) is -3.16. The Morgan fingerprint density at radius 1 is 1.26 bits per heavy atom. The highest BCUT2D eigenvalue weighted by atomic mass is 19.4. The lowest BCUT2D eigenvalue weighted by atomic mass is 9.78. The third-order valence-electron chi connectivity index (χ3n) is 3.35. The molecule has 4 nitrogen and oxygen atoms in total. The number of carbonyl (C=O) groups is 2. The summed E-state index contributed by atoms with van der Waals surface area (Å²) in [7, 11) is 0. The lowest BCUT2D eigenvalue weighted by Crippen LogP contribution is -2.44. The minimum Gasteiger partial charge on any atom is -0.481 e. The zero-order valence-electron chi connectivity index (χ0n) is 10.7. The van der Waals surface area contributed by atoms with Crippen LogP contribution in [0.2, 0.25) is 0 Å². The maximum atomic E-state index is 12.2. The van der Waals surface area contributed by atoms with Crippen LogP contribution in [0.5, 0.6) is 0 Å². The SMILES string of the molecule is CC(CC(F)(F)F)NC(=O)C1CCCCC1C(=O)O. The molecule has 7 heteroatoms. The molecule has 0 aromatic heterocycles. The highest BCUT2D eigenvalue weighted by molar-refractivity contribution is 5.85. The molecule has 0 spiro atoms. The van der Waals surface area contributed by atoms with E-state index in [1.165, 1.54) is 6.92 Å². The number of nitrogens with one attached hydrogen (secondary N) is 1. The molecule has 19 heavy (non-hydrogen) atoms. The van der Waals surface area contributed by atoms with Crippen LogP contribution in [0.4, 0.5) is 13.2 Å². The van der Waals surface area contributed by atoms with Crippen molar-refractivity contribution in [2.75, 3.05) is 0 Å². The van der Waals surface area contributed by atoms with Crippen molar-refractivity contribution in [3.8, 4) is 0 Å². The number of carboxylic acid groups (broad SMARTS) is 1. The second-order valence-electron chi connectivity index (χ2n) is 5.06. The Hall–Kier alpha value is -1.27. The van der Waals surface area contributed by atoms with Crippen molar-refractivity contribution in [3.63, 3.8) is 0 Å². The number of carbonyl (C=O) groups excluding carboxylic acids is 1. The summed E-state index contributed by atoms with van der Waals surface area (Å²) >= 11 is 0. The van der Waals surface area contributed by atoms with E-state index in [1.54, 1.807) is 0 Å². The van der Waals surface area contributed by atoms with Crippen molar-refractivity contribution >= 4 is 11.9 Å². The van der Waals surface area contributed by atoms with E-state index in [9.17, 15) is 22.8 Å². The molecule has 1 rings (SSSR count). The lowest BCUT2D eigenvalue weighted by molar-refractivity contribution is -0.151. The molecule has 3 unspecified atom stereocenters. The van der Waals surface area contributed by atoms with Crippen LogP contribution in [0.25, 0.3) is 0 Å². The molecule has 1 aliphatic carbocycles. The van der Waals surface area contributed by atoms with Gasteiger partial charge >= 0.3 is 12.1 Å². The summed E-state index contributed by atoms with van der Waals surface area (Å²) in [5.41, 5.74) is 0. The van der Waals surface area contributed by atoms with Crippen LogP contribution in [0, 0.1) is 11.8 Å². The van der Waals surface area contributed by atoms with E-state index in [-0.39, 0.29) is 0 Å². The summed E-state index contributed by atoms with van der Waals surface area (Å²) in [5.74, 6) is -3.14. The van der Waals surface area contributed by atoms with Gasteiger partial charge in [-0.2, -0.15) is 13.2 Å². The third-order valence-corrected chi connectivity index (χ3v) is 3.35. The number of amides is 1. The van der Waals surface area contributed by atoms with Crippen molar-refractivity contribution in [2.45, 2.75) is 51.2 Å². The first-order valence-electron chi connectivity index (χ1n) is 6.30. The van der Waals surface area contributed by atoms with Gasteiger partial charge in [0.1, 0.15) is 0 Å². The van der Waals surface area contributed by atoms with Gasteiger partial charge in [0.05, 0.1) is 18.3 Å².